The number of methoxy groups -OCH3 is 1. The van der Waals surface area contributed by atoms with E-state index in [1.807, 2.05) is 24.7 Å². The van der Waals surface area contributed by atoms with Crippen molar-refractivity contribution in [3.05, 3.63) is 48.0 Å². The summed E-state index contributed by atoms with van der Waals surface area (Å²) in [5.41, 5.74) is 8.55. The van der Waals surface area contributed by atoms with Crippen LogP contribution < -0.4 is 10.5 Å². The zero-order valence-electron chi connectivity index (χ0n) is 12.6. The number of ether oxygens (including phenoxy) is 1. The number of aromatic nitrogens is 2. The Morgan fingerprint density at radius 1 is 1.15 bits per heavy atom. The predicted molar refractivity (Wildman–Crippen MR) is 80.8 cm³/mol. The van der Waals surface area contributed by atoms with Crippen LogP contribution in [0.4, 0.5) is 0 Å². The van der Waals surface area contributed by atoms with Crippen LogP contribution in [-0.4, -0.2) is 16.7 Å². The minimum Gasteiger partial charge on any atom is -0.497 e. The molecule has 1 aromatic heterocycles. The van der Waals surface area contributed by atoms with Gasteiger partial charge in [0.25, 0.3) is 0 Å². The molecule has 0 saturated carbocycles. The molecule has 0 radical (unpaired) electrons. The Balaban J connectivity index is 2.28. The van der Waals surface area contributed by atoms with Gasteiger partial charge < -0.3 is 15.0 Å². The summed E-state index contributed by atoms with van der Waals surface area (Å²) in [4.78, 5) is 4.26. The number of nitrogens with two attached hydrogens (primary N) is 1. The molecule has 1 aromatic carbocycles. The molecule has 0 amide bonds. The van der Waals surface area contributed by atoms with Crippen LogP contribution >= 0.6 is 0 Å². The molecule has 2 atom stereocenters. The maximum atomic E-state index is 6.26. The lowest BCUT2D eigenvalue weighted by atomic mass is 10.0. The third-order valence-electron chi connectivity index (χ3n) is 3.77. The third-order valence-corrected chi connectivity index (χ3v) is 3.77. The molecule has 0 aliphatic carbocycles. The molecule has 0 saturated heterocycles. The fraction of sp³-hybridized carbons (Fsp3) is 0.438. The van der Waals surface area contributed by atoms with Gasteiger partial charge >= 0.3 is 0 Å². The zero-order valence-corrected chi connectivity index (χ0v) is 12.6. The number of rotatable bonds is 5. The minimum atomic E-state index is -0.00167. The molecule has 0 fully saturated rings. The zero-order chi connectivity index (χ0) is 14.7. The second-order valence-corrected chi connectivity index (χ2v) is 5.44. The number of imidazole rings is 1. The first-order valence-corrected chi connectivity index (χ1v) is 6.95. The van der Waals surface area contributed by atoms with Crippen molar-refractivity contribution in [2.24, 2.45) is 11.7 Å². The van der Waals surface area contributed by atoms with E-state index in [-0.39, 0.29) is 12.1 Å². The molecule has 0 aliphatic rings. The van der Waals surface area contributed by atoms with E-state index in [9.17, 15) is 0 Å². The largest absolute Gasteiger partial charge is 0.497 e. The number of benzene rings is 1. The second-order valence-electron chi connectivity index (χ2n) is 5.44. The molecule has 2 aromatic rings. The average Bonchev–Trinajstić information content (AvgIpc) is 2.94. The molecular formula is C16H23N3O. The molecule has 4 nitrogen and oxygen atoms in total. The third kappa shape index (κ3) is 2.85. The highest BCUT2D eigenvalue weighted by Gasteiger charge is 2.18. The van der Waals surface area contributed by atoms with Crippen molar-refractivity contribution in [1.82, 2.24) is 9.55 Å². The van der Waals surface area contributed by atoms with Crippen LogP contribution in [0.5, 0.6) is 5.75 Å². The Morgan fingerprint density at radius 3 is 2.35 bits per heavy atom. The van der Waals surface area contributed by atoms with Crippen LogP contribution in [0.25, 0.3) is 0 Å². The Bertz CT molecular complexity index is 545. The normalized spacial score (nSPS) is 14.3. The first-order chi connectivity index (χ1) is 9.54. The van der Waals surface area contributed by atoms with Crippen LogP contribution in [0.3, 0.4) is 0 Å². The summed E-state index contributed by atoms with van der Waals surface area (Å²) >= 11 is 0. The molecule has 0 bridgehead atoms. The van der Waals surface area contributed by atoms with Gasteiger partial charge in [0.2, 0.25) is 0 Å². The number of hydrogen-bond donors (Lipinski definition) is 1. The van der Waals surface area contributed by atoms with Gasteiger partial charge in [-0.3, -0.25) is 0 Å². The van der Waals surface area contributed by atoms with Crippen molar-refractivity contribution in [3.8, 4) is 5.75 Å². The first-order valence-electron chi connectivity index (χ1n) is 6.95. The molecule has 2 N–H and O–H groups in total. The van der Waals surface area contributed by atoms with Crippen molar-refractivity contribution in [2.45, 2.75) is 32.9 Å². The maximum absolute atomic E-state index is 6.26. The molecule has 20 heavy (non-hydrogen) atoms. The van der Waals surface area contributed by atoms with Crippen LogP contribution in [0, 0.1) is 5.92 Å². The standard InChI is InChI=1S/C16H23N3O/c1-11(2)16(17)15-9-18-10-19(15)12(3)13-5-7-14(20-4)8-6-13/h5-12,16H,17H2,1-4H3. The molecule has 2 unspecified atom stereocenters. The Hall–Kier alpha value is -1.81. The van der Waals surface area contributed by atoms with E-state index < -0.39 is 0 Å². The maximum Gasteiger partial charge on any atom is 0.118 e. The van der Waals surface area contributed by atoms with Gasteiger partial charge in [0.15, 0.2) is 0 Å². The van der Waals surface area contributed by atoms with Gasteiger partial charge in [0.1, 0.15) is 5.75 Å². The van der Waals surface area contributed by atoms with Gasteiger partial charge in [0, 0.05) is 12.2 Å². The Kier molecular flexibility index (Phi) is 4.45. The van der Waals surface area contributed by atoms with Crippen LogP contribution in [0.2, 0.25) is 0 Å². The van der Waals surface area contributed by atoms with Crippen molar-refractivity contribution in [2.75, 3.05) is 7.11 Å². The molecule has 108 valence electrons. The lowest BCUT2D eigenvalue weighted by Crippen LogP contribution is -2.22. The van der Waals surface area contributed by atoms with Gasteiger partial charge in [-0.25, -0.2) is 4.98 Å². The van der Waals surface area contributed by atoms with Crippen molar-refractivity contribution in [3.63, 3.8) is 0 Å². The van der Waals surface area contributed by atoms with E-state index in [4.69, 9.17) is 10.5 Å². The summed E-state index contributed by atoms with van der Waals surface area (Å²) in [5, 5.41) is 0. The van der Waals surface area contributed by atoms with E-state index in [1.54, 1.807) is 7.11 Å². The summed E-state index contributed by atoms with van der Waals surface area (Å²) < 4.78 is 7.34. The van der Waals surface area contributed by atoms with Crippen LogP contribution in [-0.2, 0) is 0 Å². The number of nitrogens with zero attached hydrogens (tertiary/aromatic N) is 2. The van der Waals surface area contributed by atoms with Gasteiger partial charge in [-0.2, -0.15) is 0 Å². The molecule has 0 spiro atoms. The summed E-state index contributed by atoms with van der Waals surface area (Å²) in [5.74, 6) is 1.25. The summed E-state index contributed by atoms with van der Waals surface area (Å²) in [7, 11) is 1.67. The van der Waals surface area contributed by atoms with E-state index in [2.05, 4.69) is 42.5 Å². The lowest BCUT2D eigenvalue weighted by molar-refractivity contribution is 0.414. The first kappa shape index (κ1) is 14.6. The van der Waals surface area contributed by atoms with E-state index in [0.717, 1.165) is 11.4 Å². The van der Waals surface area contributed by atoms with Gasteiger partial charge in [-0.1, -0.05) is 26.0 Å². The SMILES string of the molecule is COc1ccc(C(C)n2cncc2C(N)C(C)C)cc1. The predicted octanol–water partition coefficient (Wildman–Crippen LogP) is 3.16. The molecule has 1 heterocycles. The Morgan fingerprint density at radius 2 is 1.80 bits per heavy atom. The van der Waals surface area contributed by atoms with Crippen LogP contribution in [0.1, 0.15) is 44.1 Å². The van der Waals surface area contributed by atoms with E-state index in [1.165, 1.54) is 5.56 Å². The fourth-order valence-electron chi connectivity index (χ4n) is 2.28. The quantitative estimate of drug-likeness (QED) is 0.910. The average molecular weight is 273 g/mol. The molecule has 2 rings (SSSR count). The monoisotopic (exact) mass is 273 g/mol. The van der Waals surface area contributed by atoms with Gasteiger partial charge in [-0.05, 0) is 30.5 Å². The molecule has 4 heteroatoms. The number of hydrogen-bond acceptors (Lipinski definition) is 3. The second kappa shape index (κ2) is 6.09. The highest BCUT2D eigenvalue weighted by molar-refractivity contribution is 5.29. The molecular weight excluding hydrogens is 250 g/mol. The Labute approximate surface area is 120 Å². The van der Waals surface area contributed by atoms with Crippen molar-refractivity contribution >= 4 is 0 Å². The molecule has 0 aliphatic heterocycles. The fourth-order valence-corrected chi connectivity index (χ4v) is 2.28. The summed E-state index contributed by atoms with van der Waals surface area (Å²) in [6, 6.07) is 8.30. The summed E-state index contributed by atoms with van der Waals surface area (Å²) in [6.07, 6.45) is 3.72. The smallest absolute Gasteiger partial charge is 0.118 e. The van der Waals surface area contributed by atoms with Gasteiger partial charge in [-0.15, -0.1) is 0 Å². The highest BCUT2D eigenvalue weighted by atomic mass is 16.5. The van der Waals surface area contributed by atoms with Crippen molar-refractivity contribution < 1.29 is 4.74 Å². The van der Waals surface area contributed by atoms with Crippen LogP contribution in [0.15, 0.2) is 36.8 Å². The van der Waals surface area contributed by atoms with Crippen molar-refractivity contribution in [1.29, 1.82) is 0 Å². The summed E-state index contributed by atoms with van der Waals surface area (Å²) in [6.45, 7) is 6.40. The lowest BCUT2D eigenvalue weighted by Gasteiger charge is -2.22. The minimum absolute atomic E-state index is 0.00167. The van der Waals surface area contributed by atoms with E-state index >= 15 is 0 Å². The van der Waals surface area contributed by atoms with E-state index in [0.29, 0.717) is 5.92 Å². The topological polar surface area (TPSA) is 53.1 Å². The highest BCUT2D eigenvalue weighted by Crippen LogP contribution is 2.26. The van der Waals surface area contributed by atoms with Gasteiger partial charge in [0.05, 0.1) is 25.2 Å².